The van der Waals surface area contributed by atoms with E-state index < -0.39 is 10.0 Å². The number of carbonyl (C=O) groups excluding carboxylic acids is 1. The van der Waals surface area contributed by atoms with E-state index in [1.165, 1.54) is 15.4 Å². The molecular weight excluding hydrogens is 334 g/mol. The van der Waals surface area contributed by atoms with E-state index in [-0.39, 0.29) is 11.8 Å². The molecule has 0 spiro atoms. The first-order valence-electron chi connectivity index (χ1n) is 8.07. The van der Waals surface area contributed by atoms with Crippen molar-refractivity contribution in [3.05, 3.63) is 10.6 Å². The highest BCUT2D eigenvalue weighted by Gasteiger charge is 2.29. The number of aryl methyl sites for hydroxylation is 1. The van der Waals surface area contributed by atoms with Crippen LogP contribution in [0.3, 0.4) is 0 Å². The second-order valence-corrected chi connectivity index (χ2v) is 9.73. The van der Waals surface area contributed by atoms with Crippen LogP contribution >= 0.6 is 11.3 Å². The van der Waals surface area contributed by atoms with Crippen LogP contribution in [-0.4, -0.2) is 43.0 Å². The Hall–Kier alpha value is -0.990. The van der Waals surface area contributed by atoms with Gasteiger partial charge in [0.25, 0.3) is 0 Å². The second-order valence-electron chi connectivity index (χ2n) is 6.66. The zero-order valence-electron chi connectivity index (χ0n) is 13.5. The SMILES string of the molecule is C[C@@H]1CCc2nc(NC(=O)C3CCN(S(C)(=O)=O)CC3)sc2C1. The number of hydrogen-bond donors (Lipinski definition) is 1. The molecule has 0 aromatic carbocycles. The summed E-state index contributed by atoms with van der Waals surface area (Å²) in [6.07, 6.45) is 5.57. The number of thiazole rings is 1. The van der Waals surface area contributed by atoms with E-state index in [1.807, 2.05) is 0 Å². The lowest BCUT2D eigenvalue weighted by Gasteiger charge is -2.29. The van der Waals surface area contributed by atoms with E-state index in [4.69, 9.17) is 0 Å². The lowest BCUT2D eigenvalue weighted by atomic mass is 9.93. The molecule has 8 heteroatoms. The Kier molecular flexibility index (Phi) is 4.75. The third-order valence-corrected chi connectivity index (χ3v) is 7.05. The van der Waals surface area contributed by atoms with Crippen LogP contribution in [0.2, 0.25) is 0 Å². The van der Waals surface area contributed by atoms with Gasteiger partial charge in [-0.2, -0.15) is 0 Å². The van der Waals surface area contributed by atoms with Gasteiger partial charge < -0.3 is 5.32 Å². The van der Waals surface area contributed by atoms with Gasteiger partial charge in [-0.1, -0.05) is 6.92 Å². The van der Waals surface area contributed by atoms with Crippen LogP contribution in [0, 0.1) is 11.8 Å². The van der Waals surface area contributed by atoms with Crippen LogP contribution in [0.15, 0.2) is 0 Å². The van der Waals surface area contributed by atoms with Crippen molar-refractivity contribution in [2.75, 3.05) is 24.7 Å². The molecule has 0 radical (unpaired) electrons. The molecule has 2 heterocycles. The number of fused-ring (bicyclic) bond motifs is 1. The van der Waals surface area contributed by atoms with E-state index >= 15 is 0 Å². The largest absolute Gasteiger partial charge is 0.302 e. The predicted molar refractivity (Wildman–Crippen MR) is 91.1 cm³/mol. The minimum Gasteiger partial charge on any atom is -0.302 e. The lowest BCUT2D eigenvalue weighted by Crippen LogP contribution is -2.40. The molecule has 1 fully saturated rings. The summed E-state index contributed by atoms with van der Waals surface area (Å²) in [5, 5.41) is 3.63. The van der Waals surface area contributed by atoms with Gasteiger partial charge in [0.1, 0.15) is 0 Å². The minimum absolute atomic E-state index is 0.0303. The van der Waals surface area contributed by atoms with Crippen molar-refractivity contribution < 1.29 is 13.2 Å². The van der Waals surface area contributed by atoms with Crippen LogP contribution in [-0.2, 0) is 27.7 Å². The van der Waals surface area contributed by atoms with Crippen LogP contribution in [0.25, 0.3) is 0 Å². The summed E-state index contributed by atoms with van der Waals surface area (Å²) in [6.45, 7) is 3.09. The van der Waals surface area contributed by atoms with E-state index in [0.717, 1.165) is 25.0 Å². The van der Waals surface area contributed by atoms with Gasteiger partial charge in [-0.15, -0.1) is 11.3 Å². The molecule has 1 aliphatic heterocycles. The summed E-state index contributed by atoms with van der Waals surface area (Å²) in [4.78, 5) is 18.2. The smallest absolute Gasteiger partial charge is 0.229 e. The zero-order valence-corrected chi connectivity index (χ0v) is 15.2. The molecule has 0 unspecified atom stereocenters. The molecule has 1 aliphatic carbocycles. The molecule has 128 valence electrons. The number of anilines is 1. The Labute approximate surface area is 141 Å². The second kappa shape index (κ2) is 6.49. The van der Waals surface area contributed by atoms with Crippen molar-refractivity contribution in [2.24, 2.45) is 11.8 Å². The summed E-state index contributed by atoms with van der Waals surface area (Å²) < 4.78 is 24.5. The third-order valence-electron chi connectivity index (χ3n) is 4.71. The highest BCUT2D eigenvalue weighted by atomic mass is 32.2. The molecule has 23 heavy (non-hydrogen) atoms. The summed E-state index contributed by atoms with van der Waals surface area (Å²) in [6, 6.07) is 0. The number of aromatic nitrogens is 1. The molecular formula is C15H23N3O3S2. The minimum atomic E-state index is -3.15. The topological polar surface area (TPSA) is 79.4 Å². The molecule has 2 aliphatic rings. The average Bonchev–Trinajstić information content (AvgIpc) is 2.87. The van der Waals surface area contributed by atoms with Crippen molar-refractivity contribution in [1.29, 1.82) is 0 Å². The van der Waals surface area contributed by atoms with E-state index in [9.17, 15) is 13.2 Å². The molecule has 1 amide bonds. The fraction of sp³-hybridized carbons (Fsp3) is 0.733. The molecule has 6 nitrogen and oxygen atoms in total. The van der Waals surface area contributed by atoms with E-state index in [1.54, 1.807) is 11.3 Å². The number of amides is 1. The molecule has 1 atom stereocenters. The normalized spacial score (nSPS) is 23.5. The number of hydrogen-bond acceptors (Lipinski definition) is 5. The maximum absolute atomic E-state index is 12.4. The van der Waals surface area contributed by atoms with Gasteiger partial charge in [-0.3, -0.25) is 4.79 Å². The first-order valence-corrected chi connectivity index (χ1v) is 10.7. The number of carbonyl (C=O) groups is 1. The first-order chi connectivity index (χ1) is 10.8. The summed E-state index contributed by atoms with van der Waals surface area (Å²) >= 11 is 1.59. The Morgan fingerprint density at radius 3 is 2.65 bits per heavy atom. The van der Waals surface area contributed by atoms with E-state index in [0.29, 0.717) is 37.0 Å². The number of rotatable bonds is 3. The molecule has 1 aromatic heterocycles. The highest BCUT2D eigenvalue weighted by molar-refractivity contribution is 7.88. The van der Waals surface area contributed by atoms with Gasteiger partial charge in [0, 0.05) is 23.9 Å². The van der Waals surface area contributed by atoms with Crippen molar-refractivity contribution >= 4 is 32.4 Å². The van der Waals surface area contributed by atoms with Crippen molar-refractivity contribution in [3.63, 3.8) is 0 Å². The van der Waals surface area contributed by atoms with Crippen LogP contribution in [0.1, 0.15) is 36.8 Å². The number of piperidine rings is 1. The van der Waals surface area contributed by atoms with Crippen molar-refractivity contribution in [3.8, 4) is 0 Å². The standard InChI is InChI=1S/C15H23N3O3S2/c1-10-3-4-12-13(9-10)22-15(16-12)17-14(19)11-5-7-18(8-6-11)23(2,20)21/h10-11H,3-9H2,1-2H3,(H,16,17,19)/t10-/m1/s1. The van der Waals surface area contributed by atoms with Gasteiger partial charge >= 0.3 is 0 Å². The number of nitrogens with one attached hydrogen (secondary N) is 1. The maximum Gasteiger partial charge on any atom is 0.229 e. The summed E-state index contributed by atoms with van der Waals surface area (Å²) in [5.74, 6) is 0.525. The molecule has 0 saturated carbocycles. The molecule has 3 rings (SSSR count). The summed E-state index contributed by atoms with van der Waals surface area (Å²) in [7, 11) is -3.15. The van der Waals surface area contributed by atoms with Gasteiger partial charge in [-0.05, 0) is 38.0 Å². The van der Waals surface area contributed by atoms with Gasteiger partial charge in [0.15, 0.2) is 5.13 Å². The Morgan fingerprint density at radius 2 is 2.00 bits per heavy atom. The van der Waals surface area contributed by atoms with Crippen molar-refractivity contribution in [1.82, 2.24) is 9.29 Å². The number of nitrogens with zero attached hydrogens (tertiary/aromatic N) is 2. The molecule has 1 aromatic rings. The fourth-order valence-electron chi connectivity index (χ4n) is 3.25. The highest BCUT2D eigenvalue weighted by Crippen LogP contribution is 2.32. The molecule has 0 bridgehead atoms. The van der Waals surface area contributed by atoms with Gasteiger partial charge in [-0.25, -0.2) is 17.7 Å². The Bertz CT molecular complexity index is 691. The Balaban J connectivity index is 1.58. The monoisotopic (exact) mass is 357 g/mol. The third kappa shape index (κ3) is 3.92. The maximum atomic E-state index is 12.4. The van der Waals surface area contributed by atoms with Crippen molar-refractivity contribution in [2.45, 2.75) is 39.0 Å². The quantitative estimate of drug-likeness (QED) is 0.896. The van der Waals surface area contributed by atoms with Crippen LogP contribution in [0.5, 0.6) is 0 Å². The van der Waals surface area contributed by atoms with E-state index in [2.05, 4.69) is 17.2 Å². The van der Waals surface area contributed by atoms with Crippen LogP contribution < -0.4 is 5.32 Å². The lowest BCUT2D eigenvalue weighted by molar-refractivity contribution is -0.120. The average molecular weight is 358 g/mol. The van der Waals surface area contributed by atoms with Gasteiger partial charge in [0.05, 0.1) is 11.9 Å². The van der Waals surface area contributed by atoms with Crippen LogP contribution in [0.4, 0.5) is 5.13 Å². The summed E-state index contributed by atoms with van der Waals surface area (Å²) in [5.41, 5.74) is 1.13. The number of sulfonamides is 1. The predicted octanol–water partition coefficient (Wildman–Crippen LogP) is 1.88. The Morgan fingerprint density at radius 1 is 1.30 bits per heavy atom. The molecule has 1 saturated heterocycles. The van der Waals surface area contributed by atoms with Gasteiger partial charge in [0.2, 0.25) is 15.9 Å². The zero-order chi connectivity index (χ0) is 16.6. The fourth-order valence-corrected chi connectivity index (χ4v) is 5.30. The molecule has 1 N–H and O–H groups in total. The first kappa shape index (κ1) is 16.9.